The molecule has 8 heteroatoms. The molecule has 8 nitrogen and oxygen atoms in total. The molecule has 142 valence electrons. The maximum Gasteiger partial charge on any atom is 0.249 e. The number of hydrogen-bond donors (Lipinski definition) is 2. The number of tetrazole rings is 1. The van der Waals surface area contributed by atoms with Crippen LogP contribution in [0.2, 0.25) is 0 Å². The molecule has 0 spiro atoms. The van der Waals surface area contributed by atoms with Gasteiger partial charge in [-0.2, -0.15) is 0 Å². The van der Waals surface area contributed by atoms with Crippen LogP contribution in [-0.4, -0.2) is 32.0 Å². The molecule has 0 radical (unpaired) electrons. The molecule has 3 aromatic rings. The number of anilines is 2. The predicted molar refractivity (Wildman–Crippen MR) is 103 cm³/mol. The monoisotopic (exact) mass is 376 g/mol. The Bertz CT molecular complexity index is 937. The number of hydrogen-bond acceptors (Lipinski definition) is 5. The lowest BCUT2D eigenvalue weighted by atomic mass is 10.1. The van der Waals surface area contributed by atoms with Gasteiger partial charge in [0.25, 0.3) is 0 Å². The number of rotatable bonds is 7. The summed E-state index contributed by atoms with van der Waals surface area (Å²) in [5, 5.41) is 17.0. The Morgan fingerprint density at radius 2 is 1.68 bits per heavy atom. The van der Waals surface area contributed by atoms with Crippen molar-refractivity contribution in [2.24, 2.45) is 5.92 Å². The third-order valence-corrected chi connectivity index (χ3v) is 4.63. The van der Waals surface area contributed by atoms with Crippen molar-refractivity contribution >= 4 is 23.2 Å². The van der Waals surface area contributed by atoms with Crippen molar-refractivity contribution in [3.05, 3.63) is 66.5 Å². The first-order valence-corrected chi connectivity index (χ1v) is 9.17. The average Bonchev–Trinajstić information content (AvgIpc) is 3.44. The first-order chi connectivity index (χ1) is 13.7. The molecule has 2 aromatic carbocycles. The second-order valence-corrected chi connectivity index (χ2v) is 6.83. The third kappa shape index (κ3) is 4.40. The molecule has 1 fully saturated rings. The van der Waals surface area contributed by atoms with Crippen LogP contribution in [0.5, 0.6) is 0 Å². The third-order valence-electron chi connectivity index (χ3n) is 4.63. The highest BCUT2D eigenvalue weighted by atomic mass is 16.2. The molecule has 1 aliphatic rings. The number of carbonyl (C=O) groups is 2. The summed E-state index contributed by atoms with van der Waals surface area (Å²) in [6.45, 7) is 0. The van der Waals surface area contributed by atoms with E-state index >= 15 is 0 Å². The van der Waals surface area contributed by atoms with Crippen molar-refractivity contribution in [2.45, 2.75) is 25.3 Å². The van der Waals surface area contributed by atoms with E-state index in [4.69, 9.17) is 0 Å². The largest absolute Gasteiger partial charge is 0.326 e. The molecule has 1 aliphatic carbocycles. The molecule has 0 aliphatic heterocycles. The van der Waals surface area contributed by atoms with Gasteiger partial charge in [-0.3, -0.25) is 9.59 Å². The van der Waals surface area contributed by atoms with Gasteiger partial charge < -0.3 is 10.6 Å². The van der Waals surface area contributed by atoms with Crippen molar-refractivity contribution < 1.29 is 9.59 Å². The summed E-state index contributed by atoms with van der Waals surface area (Å²) in [5.74, 6) is -0.0151. The van der Waals surface area contributed by atoms with E-state index in [-0.39, 0.29) is 17.7 Å². The van der Waals surface area contributed by atoms with E-state index in [2.05, 4.69) is 26.2 Å². The number of carbonyl (C=O) groups excluding carboxylic acids is 2. The first-order valence-electron chi connectivity index (χ1n) is 9.17. The van der Waals surface area contributed by atoms with Gasteiger partial charge in [0, 0.05) is 23.7 Å². The molecule has 4 rings (SSSR count). The van der Waals surface area contributed by atoms with Crippen LogP contribution in [0.3, 0.4) is 0 Å². The fraction of sp³-hybridized carbons (Fsp3) is 0.250. The van der Waals surface area contributed by atoms with Crippen LogP contribution in [0.4, 0.5) is 11.4 Å². The first kappa shape index (κ1) is 17.8. The molecule has 1 aromatic heterocycles. The maximum absolute atomic E-state index is 12.9. The summed E-state index contributed by atoms with van der Waals surface area (Å²) in [6.07, 6.45) is 3.82. The van der Waals surface area contributed by atoms with Gasteiger partial charge in [-0.25, -0.2) is 4.68 Å². The Kier molecular flexibility index (Phi) is 5.09. The maximum atomic E-state index is 12.9. The Morgan fingerprint density at radius 3 is 2.29 bits per heavy atom. The minimum atomic E-state index is -0.577. The molecule has 1 saturated carbocycles. The van der Waals surface area contributed by atoms with Gasteiger partial charge in [0.05, 0.1) is 0 Å². The highest BCUT2D eigenvalue weighted by Crippen LogP contribution is 2.30. The highest BCUT2D eigenvalue weighted by molar-refractivity contribution is 5.96. The van der Waals surface area contributed by atoms with Crippen LogP contribution in [0, 0.1) is 5.92 Å². The molecule has 1 heterocycles. The number of aromatic nitrogens is 4. The fourth-order valence-electron chi connectivity index (χ4n) is 2.91. The van der Waals surface area contributed by atoms with Crippen LogP contribution in [0.15, 0.2) is 60.9 Å². The zero-order chi connectivity index (χ0) is 19.3. The van der Waals surface area contributed by atoms with Crippen molar-refractivity contribution in [3.8, 4) is 0 Å². The summed E-state index contributed by atoms with van der Waals surface area (Å²) in [4.78, 5) is 24.7. The van der Waals surface area contributed by atoms with Gasteiger partial charge in [0.15, 0.2) is 0 Å². The zero-order valence-corrected chi connectivity index (χ0v) is 15.2. The molecule has 2 amide bonds. The van der Waals surface area contributed by atoms with Crippen LogP contribution in [-0.2, 0) is 16.0 Å². The lowest BCUT2D eigenvalue weighted by Crippen LogP contribution is -2.28. The number of nitrogens with one attached hydrogen (secondary N) is 2. The lowest BCUT2D eigenvalue weighted by molar-refractivity contribution is -0.119. The van der Waals surface area contributed by atoms with Crippen LogP contribution in [0.1, 0.15) is 24.4 Å². The Hall–Kier alpha value is -3.55. The van der Waals surface area contributed by atoms with Gasteiger partial charge in [-0.05, 0) is 53.1 Å². The van der Waals surface area contributed by atoms with Crippen molar-refractivity contribution in [2.75, 3.05) is 10.6 Å². The van der Waals surface area contributed by atoms with E-state index in [1.165, 1.54) is 11.0 Å². The van der Waals surface area contributed by atoms with E-state index in [9.17, 15) is 9.59 Å². The standard InChI is InChI=1S/C20H20N6O2/c27-19(15-6-7-15)22-16-8-10-17(11-9-16)23-20(28)18(26-13-21-24-25-26)12-14-4-2-1-3-5-14/h1-5,8-11,13,15,18H,6-7,12H2,(H,22,27)(H,23,28). The van der Waals surface area contributed by atoms with Crippen LogP contribution in [0.25, 0.3) is 0 Å². The van der Waals surface area contributed by atoms with Crippen molar-refractivity contribution in [1.82, 2.24) is 20.2 Å². The molecular weight excluding hydrogens is 356 g/mol. The molecule has 28 heavy (non-hydrogen) atoms. The lowest BCUT2D eigenvalue weighted by Gasteiger charge is -2.16. The Morgan fingerprint density at radius 1 is 1.00 bits per heavy atom. The summed E-state index contributed by atoms with van der Waals surface area (Å²) in [7, 11) is 0. The number of amides is 2. The van der Waals surface area contributed by atoms with Gasteiger partial charge >= 0.3 is 0 Å². The van der Waals surface area contributed by atoms with Gasteiger partial charge in [0.1, 0.15) is 12.4 Å². The summed E-state index contributed by atoms with van der Waals surface area (Å²) < 4.78 is 1.45. The fourth-order valence-corrected chi connectivity index (χ4v) is 2.91. The number of benzene rings is 2. The Balaban J connectivity index is 1.44. The topological polar surface area (TPSA) is 102 Å². The minimum Gasteiger partial charge on any atom is -0.326 e. The van der Waals surface area contributed by atoms with Crippen molar-refractivity contribution in [1.29, 1.82) is 0 Å². The molecular formula is C20H20N6O2. The van der Waals surface area contributed by atoms with E-state index in [1.54, 1.807) is 24.3 Å². The quantitative estimate of drug-likeness (QED) is 0.659. The van der Waals surface area contributed by atoms with Crippen LogP contribution >= 0.6 is 0 Å². The Labute approximate surface area is 162 Å². The van der Waals surface area contributed by atoms with E-state index < -0.39 is 6.04 Å². The number of nitrogens with zero attached hydrogens (tertiary/aromatic N) is 4. The van der Waals surface area contributed by atoms with E-state index in [0.717, 1.165) is 24.1 Å². The average molecular weight is 376 g/mol. The second kappa shape index (κ2) is 7.99. The zero-order valence-electron chi connectivity index (χ0n) is 15.2. The normalized spacial score (nSPS) is 14.3. The summed E-state index contributed by atoms with van der Waals surface area (Å²) in [5.41, 5.74) is 2.37. The van der Waals surface area contributed by atoms with E-state index in [0.29, 0.717) is 12.1 Å². The summed E-state index contributed by atoms with van der Waals surface area (Å²) >= 11 is 0. The van der Waals surface area contributed by atoms with Gasteiger partial charge in [0.2, 0.25) is 11.8 Å². The highest BCUT2D eigenvalue weighted by Gasteiger charge is 2.29. The summed E-state index contributed by atoms with van der Waals surface area (Å²) in [6, 6.07) is 16.2. The van der Waals surface area contributed by atoms with E-state index in [1.807, 2.05) is 30.3 Å². The van der Waals surface area contributed by atoms with Crippen LogP contribution < -0.4 is 10.6 Å². The minimum absolute atomic E-state index is 0.0541. The van der Waals surface area contributed by atoms with Gasteiger partial charge in [-0.15, -0.1) is 5.10 Å². The van der Waals surface area contributed by atoms with Gasteiger partial charge in [-0.1, -0.05) is 30.3 Å². The van der Waals surface area contributed by atoms with Crippen molar-refractivity contribution in [3.63, 3.8) is 0 Å². The molecule has 1 atom stereocenters. The molecule has 2 N–H and O–H groups in total. The molecule has 1 unspecified atom stereocenters. The smallest absolute Gasteiger partial charge is 0.249 e. The predicted octanol–water partition coefficient (Wildman–Crippen LogP) is 2.44. The SMILES string of the molecule is O=C(Nc1ccc(NC(=O)C(Cc2ccccc2)n2cnnn2)cc1)C1CC1. The molecule has 0 saturated heterocycles. The second-order valence-electron chi connectivity index (χ2n) is 6.83. The molecule has 0 bridgehead atoms.